The van der Waals surface area contributed by atoms with Crippen LogP contribution in [-0.2, 0) is 6.42 Å². The van der Waals surface area contributed by atoms with Crippen LogP contribution in [0, 0.1) is 0 Å². The van der Waals surface area contributed by atoms with Crippen LogP contribution in [0.25, 0.3) is 0 Å². The zero-order valence-electron chi connectivity index (χ0n) is 9.15. The minimum atomic E-state index is -0.839. The summed E-state index contributed by atoms with van der Waals surface area (Å²) in [5.74, 6) is 0. The summed E-state index contributed by atoms with van der Waals surface area (Å²) >= 11 is 11.8. The van der Waals surface area contributed by atoms with Gasteiger partial charge in [0.2, 0.25) is 0 Å². The van der Waals surface area contributed by atoms with Crippen LogP contribution in [0.15, 0.2) is 18.2 Å². The van der Waals surface area contributed by atoms with Crippen molar-refractivity contribution >= 4 is 29.2 Å². The Kier molecular flexibility index (Phi) is 3.47. The van der Waals surface area contributed by atoms with Crippen molar-refractivity contribution in [3.63, 3.8) is 0 Å². The summed E-state index contributed by atoms with van der Waals surface area (Å²) in [6.07, 6.45) is -0.373. The van der Waals surface area contributed by atoms with Crippen LogP contribution in [0.4, 0.5) is 4.79 Å². The molecule has 1 unspecified atom stereocenters. The minimum absolute atomic E-state index is 0.285. The van der Waals surface area contributed by atoms with Gasteiger partial charge in [-0.3, -0.25) is 0 Å². The second kappa shape index (κ2) is 4.72. The van der Waals surface area contributed by atoms with E-state index in [-0.39, 0.29) is 12.1 Å². The Morgan fingerprint density at radius 3 is 2.71 bits per heavy atom. The first-order valence-electron chi connectivity index (χ1n) is 5.14. The Balaban J connectivity index is 2.14. The summed E-state index contributed by atoms with van der Waals surface area (Å²) in [6.45, 7) is 0. The average Bonchev–Trinajstić information content (AvgIpc) is 2.50. The van der Waals surface area contributed by atoms with E-state index in [1.54, 1.807) is 25.2 Å². The molecule has 1 aliphatic heterocycles. The Morgan fingerprint density at radius 2 is 2.18 bits per heavy atom. The molecule has 92 valence electrons. The van der Waals surface area contributed by atoms with E-state index in [9.17, 15) is 9.90 Å². The fourth-order valence-corrected chi connectivity index (χ4v) is 2.29. The van der Waals surface area contributed by atoms with Crippen LogP contribution in [0.1, 0.15) is 5.56 Å². The number of rotatable bonds is 2. The summed E-state index contributed by atoms with van der Waals surface area (Å²) in [7, 11) is 1.55. The van der Waals surface area contributed by atoms with Gasteiger partial charge in [0.25, 0.3) is 0 Å². The van der Waals surface area contributed by atoms with Crippen molar-refractivity contribution in [2.45, 2.75) is 18.7 Å². The third-order valence-corrected chi connectivity index (χ3v) is 3.43. The molecule has 1 aromatic rings. The number of hydrogen-bond donors (Lipinski definition) is 2. The number of hydrogen-bond acceptors (Lipinski definition) is 2. The molecule has 0 aliphatic carbocycles. The fourth-order valence-electron chi connectivity index (χ4n) is 1.81. The van der Waals surface area contributed by atoms with Gasteiger partial charge in [-0.15, -0.1) is 0 Å². The normalized spacial score (nSPS) is 24.0. The molecule has 0 radical (unpaired) electrons. The number of nitrogens with zero attached hydrogens (tertiary/aromatic N) is 1. The van der Waals surface area contributed by atoms with E-state index in [1.807, 2.05) is 0 Å². The highest BCUT2D eigenvalue weighted by Gasteiger charge is 2.35. The van der Waals surface area contributed by atoms with E-state index in [0.29, 0.717) is 16.5 Å². The highest BCUT2D eigenvalue weighted by Crippen LogP contribution is 2.24. The lowest BCUT2D eigenvalue weighted by molar-refractivity contribution is 0.0563. The number of halogens is 2. The van der Waals surface area contributed by atoms with E-state index in [0.717, 1.165) is 5.56 Å². The lowest BCUT2D eigenvalue weighted by Gasteiger charge is -2.17. The van der Waals surface area contributed by atoms with E-state index < -0.39 is 6.23 Å². The summed E-state index contributed by atoms with van der Waals surface area (Å²) in [5, 5.41) is 13.6. The lowest BCUT2D eigenvalue weighted by Crippen LogP contribution is -2.35. The SMILES string of the molecule is CN1C(=O)N[C@@H](Cc2ccc(Cl)cc2Cl)C1O. The standard InChI is InChI=1S/C11H12Cl2N2O2/c1-15-10(16)9(14-11(15)17)4-6-2-3-7(12)5-8(6)13/h2-3,5,9-10,16H,4H2,1H3,(H,14,17)/t9-,10?/m0/s1. The Hall–Kier alpha value is -0.970. The number of likely N-dealkylation sites (N-methyl/N-ethyl adjacent to an activating group) is 1. The summed E-state index contributed by atoms with van der Waals surface area (Å²) in [5.41, 5.74) is 0.843. The molecule has 0 bridgehead atoms. The van der Waals surface area contributed by atoms with Crippen molar-refractivity contribution in [1.82, 2.24) is 10.2 Å². The number of carbonyl (C=O) groups excluding carboxylic acids is 1. The molecule has 2 atom stereocenters. The monoisotopic (exact) mass is 274 g/mol. The smallest absolute Gasteiger partial charge is 0.319 e. The van der Waals surface area contributed by atoms with Crippen LogP contribution in [0.2, 0.25) is 10.0 Å². The maximum absolute atomic E-state index is 11.3. The molecule has 17 heavy (non-hydrogen) atoms. The minimum Gasteiger partial charge on any atom is -0.371 e. The van der Waals surface area contributed by atoms with Gasteiger partial charge in [-0.05, 0) is 24.1 Å². The van der Waals surface area contributed by atoms with Gasteiger partial charge in [0, 0.05) is 17.1 Å². The maximum atomic E-state index is 11.3. The molecule has 2 amide bonds. The predicted molar refractivity (Wildman–Crippen MR) is 66.3 cm³/mol. The molecule has 0 spiro atoms. The molecule has 0 aromatic heterocycles. The molecular formula is C11H12Cl2N2O2. The van der Waals surface area contributed by atoms with Gasteiger partial charge < -0.3 is 15.3 Å². The van der Waals surface area contributed by atoms with Gasteiger partial charge >= 0.3 is 6.03 Å². The van der Waals surface area contributed by atoms with Gasteiger partial charge in [0.05, 0.1) is 6.04 Å². The van der Waals surface area contributed by atoms with Crippen molar-refractivity contribution in [1.29, 1.82) is 0 Å². The van der Waals surface area contributed by atoms with E-state index in [4.69, 9.17) is 23.2 Å². The van der Waals surface area contributed by atoms with Gasteiger partial charge in [0.1, 0.15) is 0 Å². The third-order valence-electron chi connectivity index (χ3n) is 2.84. The zero-order valence-corrected chi connectivity index (χ0v) is 10.7. The molecule has 1 saturated heterocycles. The molecule has 1 fully saturated rings. The van der Waals surface area contributed by atoms with Gasteiger partial charge in [-0.25, -0.2) is 4.79 Å². The van der Waals surface area contributed by atoms with E-state index >= 15 is 0 Å². The molecule has 1 aromatic carbocycles. The van der Waals surface area contributed by atoms with Gasteiger partial charge in [-0.1, -0.05) is 29.3 Å². The summed E-state index contributed by atoms with van der Waals surface area (Å²) < 4.78 is 0. The summed E-state index contributed by atoms with van der Waals surface area (Å²) in [4.78, 5) is 12.6. The second-order valence-electron chi connectivity index (χ2n) is 4.02. The second-order valence-corrected chi connectivity index (χ2v) is 4.86. The molecule has 1 heterocycles. The fraction of sp³-hybridized carbons (Fsp3) is 0.364. The number of aliphatic hydroxyl groups is 1. The molecule has 2 N–H and O–H groups in total. The zero-order chi connectivity index (χ0) is 12.6. The van der Waals surface area contributed by atoms with Crippen molar-refractivity contribution in [3.8, 4) is 0 Å². The molecule has 2 rings (SSSR count). The van der Waals surface area contributed by atoms with Crippen LogP contribution in [-0.4, -0.2) is 35.4 Å². The molecule has 1 aliphatic rings. The number of benzene rings is 1. The first-order chi connectivity index (χ1) is 7.99. The predicted octanol–water partition coefficient (Wildman–Crippen LogP) is 1.88. The van der Waals surface area contributed by atoms with Crippen molar-refractivity contribution in [2.24, 2.45) is 0 Å². The van der Waals surface area contributed by atoms with Gasteiger partial charge in [0.15, 0.2) is 6.23 Å². The number of carbonyl (C=O) groups is 1. The quantitative estimate of drug-likeness (QED) is 0.865. The Bertz CT molecular complexity index is 453. The molecule has 4 nitrogen and oxygen atoms in total. The third kappa shape index (κ3) is 2.49. The average molecular weight is 275 g/mol. The lowest BCUT2D eigenvalue weighted by atomic mass is 10.1. The topological polar surface area (TPSA) is 52.6 Å². The maximum Gasteiger partial charge on any atom is 0.319 e. The highest BCUT2D eigenvalue weighted by molar-refractivity contribution is 6.35. The number of aliphatic hydroxyl groups excluding tert-OH is 1. The molecular weight excluding hydrogens is 263 g/mol. The van der Waals surface area contributed by atoms with Crippen LogP contribution < -0.4 is 5.32 Å². The largest absolute Gasteiger partial charge is 0.371 e. The van der Waals surface area contributed by atoms with Crippen molar-refractivity contribution in [3.05, 3.63) is 33.8 Å². The highest BCUT2D eigenvalue weighted by atomic mass is 35.5. The van der Waals surface area contributed by atoms with Crippen LogP contribution in [0.5, 0.6) is 0 Å². The van der Waals surface area contributed by atoms with E-state index in [1.165, 1.54) is 4.90 Å². The van der Waals surface area contributed by atoms with Crippen molar-refractivity contribution < 1.29 is 9.90 Å². The molecule has 6 heteroatoms. The number of amides is 2. The number of nitrogens with one attached hydrogen (secondary N) is 1. The van der Waals surface area contributed by atoms with E-state index in [2.05, 4.69) is 5.32 Å². The Morgan fingerprint density at radius 1 is 1.47 bits per heavy atom. The van der Waals surface area contributed by atoms with Crippen LogP contribution in [0.3, 0.4) is 0 Å². The molecule has 0 saturated carbocycles. The first kappa shape index (κ1) is 12.5. The number of urea groups is 1. The van der Waals surface area contributed by atoms with Gasteiger partial charge in [-0.2, -0.15) is 0 Å². The summed E-state index contributed by atoms with van der Waals surface area (Å²) in [6, 6.07) is 4.53. The Labute approximate surface area is 109 Å². The van der Waals surface area contributed by atoms with Crippen LogP contribution >= 0.6 is 23.2 Å². The first-order valence-corrected chi connectivity index (χ1v) is 5.90. The van der Waals surface area contributed by atoms with Crippen molar-refractivity contribution in [2.75, 3.05) is 7.05 Å².